The van der Waals surface area contributed by atoms with Gasteiger partial charge in [-0.15, -0.1) is 0 Å². The van der Waals surface area contributed by atoms with Crippen molar-refractivity contribution in [2.24, 2.45) is 0 Å². The molecule has 0 atom stereocenters. The maximum atomic E-state index is 11.8. The van der Waals surface area contributed by atoms with Gasteiger partial charge in [-0.2, -0.15) is 17.0 Å². The molecule has 2 aliphatic rings. The Kier molecular flexibility index (Phi) is 2.31. The molecule has 0 bridgehead atoms. The van der Waals surface area contributed by atoms with Crippen molar-refractivity contribution in [3.63, 3.8) is 0 Å². The number of hydrogen-bond donors (Lipinski definition) is 1. The van der Waals surface area contributed by atoms with Crippen LogP contribution in [-0.2, 0) is 10.2 Å². The van der Waals surface area contributed by atoms with E-state index in [1.165, 1.54) is 4.31 Å². The topological polar surface area (TPSA) is 52.6 Å². The Labute approximate surface area is 78.9 Å². The largest absolute Gasteiger partial charge is 0.313 e. The van der Waals surface area contributed by atoms with E-state index in [1.807, 2.05) is 6.92 Å². The van der Waals surface area contributed by atoms with Crippen LogP contribution in [0.1, 0.15) is 6.92 Å². The first-order chi connectivity index (χ1) is 6.16. The molecule has 0 aromatic heterocycles. The molecule has 0 amide bonds. The lowest BCUT2D eigenvalue weighted by Gasteiger charge is -2.34. The third-order valence-corrected chi connectivity index (χ3v) is 4.88. The molecule has 1 N–H and O–H groups in total. The third-order valence-electron chi connectivity index (χ3n) is 2.71. The number of nitrogens with one attached hydrogen (secondary N) is 1. The van der Waals surface area contributed by atoms with Crippen molar-refractivity contribution in [3.05, 3.63) is 0 Å². The molecule has 0 aromatic rings. The van der Waals surface area contributed by atoms with E-state index >= 15 is 0 Å². The molecule has 5 nitrogen and oxygen atoms in total. The summed E-state index contributed by atoms with van der Waals surface area (Å²) in [5.74, 6) is 0. The zero-order chi connectivity index (χ0) is 9.47. The molecule has 0 unspecified atom stereocenters. The zero-order valence-corrected chi connectivity index (χ0v) is 8.55. The van der Waals surface area contributed by atoms with Crippen LogP contribution in [0.3, 0.4) is 0 Å². The molecule has 76 valence electrons. The van der Waals surface area contributed by atoms with Gasteiger partial charge in [-0.25, -0.2) is 0 Å². The van der Waals surface area contributed by atoms with Crippen molar-refractivity contribution in [1.82, 2.24) is 13.9 Å². The van der Waals surface area contributed by atoms with E-state index in [1.54, 1.807) is 4.31 Å². The van der Waals surface area contributed by atoms with Gasteiger partial charge in [0.2, 0.25) is 0 Å². The smallest absolute Gasteiger partial charge is 0.282 e. The Morgan fingerprint density at radius 2 is 2.08 bits per heavy atom. The highest BCUT2D eigenvalue weighted by Crippen LogP contribution is 2.20. The fraction of sp³-hybridized carbons (Fsp3) is 1.00. The Balaban J connectivity index is 2.14. The van der Waals surface area contributed by atoms with E-state index in [-0.39, 0.29) is 6.04 Å². The van der Waals surface area contributed by atoms with Crippen LogP contribution in [0.15, 0.2) is 0 Å². The fourth-order valence-electron chi connectivity index (χ4n) is 1.76. The van der Waals surface area contributed by atoms with Crippen LogP contribution in [0.4, 0.5) is 0 Å². The van der Waals surface area contributed by atoms with Crippen molar-refractivity contribution in [1.29, 1.82) is 0 Å². The monoisotopic (exact) mass is 205 g/mol. The van der Waals surface area contributed by atoms with Crippen LogP contribution in [0, 0.1) is 0 Å². The summed E-state index contributed by atoms with van der Waals surface area (Å²) in [4.78, 5) is 0. The van der Waals surface area contributed by atoms with Gasteiger partial charge < -0.3 is 5.32 Å². The third kappa shape index (κ3) is 1.38. The predicted octanol–water partition coefficient (Wildman–Crippen LogP) is -1.16. The van der Waals surface area contributed by atoms with Gasteiger partial charge in [0, 0.05) is 32.7 Å². The van der Waals surface area contributed by atoms with Crippen LogP contribution in [0.25, 0.3) is 0 Å². The van der Waals surface area contributed by atoms with Crippen LogP contribution >= 0.6 is 0 Å². The first kappa shape index (κ1) is 9.39. The quantitative estimate of drug-likeness (QED) is 0.619. The van der Waals surface area contributed by atoms with E-state index in [2.05, 4.69) is 5.32 Å². The second-order valence-corrected chi connectivity index (χ2v) is 5.30. The first-order valence-corrected chi connectivity index (χ1v) is 6.03. The van der Waals surface area contributed by atoms with Crippen molar-refractivity contribution >= 4 is 10.2 Å². The minimum absolute atomic E-state index is 0.196. The highest BCUT2D eigenvalue weighted by molar-refractivity contribution is 7.87. The summed E-state index contributed by atoms with van der Waals surface area (Å²) in [6.45, 7) is 5.37. The summed E-state index contributed by atoms with van der Waals surface area (Å²) in [7, 11) is -3.11. The lowest BCUT2D eigenvalue weighted by molar-refractivity contribution is 0.258. The van der Waals surface area contributed by atoms with E-state index in [9.17, 15) is 8.42 Å². The van der Waals surface area contributed by atoms with E-state index in [0.717, 1.165) is 13.1 Å². The lowest BCUT2D eigenvalue weighted by atomic mass is 10.2. The number of rotatable bonds is 2. The van der Waals surface area contributed by atoms with Gasteiger partial charge in [0.15, 0.2) is 0 Å². The van der Waals surface area contributed by atoms with E-state index < -0.39 is 10.2 Å². The van der Waals surface area contributed by atoms with Crippen LogP contribution in [0.2, 0.25) is 0 Å². The van der Waals surface area contributed by atoms with Gasteiger partial charge in [-0.1, -0.05) is 6.92 Å². The van der Waals surface area contributed by atoms with E-state index in [0.29, 0.717) is 19.6 Å². The maximum absolute atomic E-state index is 11.8. The molecule has 2 heterocycles. The fourth-order valence-corrected chi connectivity index (χ4v) is 3.53. The summed E-state index contributed by atoms with van der Waals surface area (Å²) in [5.41, 5.74) is 0. The predicted molar refractivity (Wildman–Crippen MR) is 49.5 cm³/mol. The zero-order valence-electron chi connectivity index (χ0n) is 7.73. The highest BCUT2D eigenvalue weighted by atomic mass is 32.2. The molecular weight excluding hydrogens is 190 g/mol. The maximum Gasteiger partial charge on any atom is 0.282 e. The first-order valence-electron chi connectivity index (χ1n) is 4.64. The van der Waals surface area contributed by atoms with Gasteiger partial charge in [-0.05, 0) is 0 Å². The molecule has 2 fully saturated rings. The standard InChI is InChI=1S/C7H15N3O2S/c1-2-9-3-4-10(13(9,11)12)7-5-8-6-7/h7-8H,2-6H2,1H3. The summed E-state index contributed by atoms with van der Waals surface area (Å²) >= 11 is 0. The molecule has 6 heteroatoms. The molecule has 2 aliphatic heterocycles. The Morgan fingerprint density at radius 1 is 1.38 bits per heavy atom. The summed E-state index contributed by atoms with van der Waals surface area (Å²) in [6.07, 6.45) is 0. The second kappa shape index (κ2) is 3.20. The lowest BCUT2D eigenvalue weighted by Crippen LogP contribution is -2.58. The number of hydrogen-bond acceptors (Lipinski definition) is 3. The molecular formula is C7H15N3O2S. The van der Waals surface area contributed by atoms with E-state index in [4.69, 9.17) is 0 Å². The molecule has 0 spiro atoms. The SMILES string of the molecule is CCN1CCN(C2CNC2)S1(=O)=O. The van der Waals surface area contributed by atoms with Gasteiger partial charge in [-0.3, -0.25) is 0 Å². The molecule has 0 aliphatic carbocycles. The van der Waals surface area contributed by atoms with Crippen LogP contribution in [-0.4, -0.2) is 55.8 Å². The summed E-state index contributed by atoms with van der Waals surface area (Å²) < 4.78 is 26.7. The number of likely N-dealkylation sites (N-methyl/N-ethyl adjacent to an activating group) is 1. The van der Waals surface area contributed by atoms with Crippen molar-refractivity contribution in [2.75, 3.05) is 32.7 Å². The minimum Gasteiger partial charge on any atom is -0.313 e. The summed E-state index contributed by atoms with van der Waals surface area (Å²) in [6, 6.07) is 0.196. The van der Waals surface area contributed by atoms with Gasteiger partial charge >= 0.3 is 0 Å². The van der Waals surface area contributed by atoms with Crippen molar-refractivity contribution in [3.8, 4) is 0 Å². The molecule has 0 radical (unpaired) electrons. The number of nitrogens with zero attached hydrogens (tertiary/aromatic N) is 2. The van der Waals surface area contributed by atoms with Gasteiger partial charge in [0.1, 0.15) is 0 Å². The Hall–Kier alpha value is -0.170. The molecule has 13 heavy (non-hydrogen) atoms. The highest BCUT2D eigenvalue weighted by Gasteiger charge is 2.41. The summed E-state index contributed by atoms with van der Waals surface area (Å²) in [5, 5.41) is 3.08. The second-order valence-electron chi connectivity index (χ2n) is 3.42. The molecule has 2 saturated heterocycles. The van der Waals surface area contributed by atoms with Crippen molar-refractivity contribution in [2.45, 2.75) is 13.0 Å². The average Bonchev–Trinajstić information content (AvgIpc) is 2.24. The normalized spacial score (nSPS) is 30.5. The Morgan fingerprint density at radius 3 is 2.46 bits per heavy atom. The van der Waals surface area contributed by atoms with Crippen LogP contribution < -0.4 is 5.32 Å². The molecule has 2 rings (SSSR count). The van der Waals surface area contributed by atoms with Crippen LogP contribution in [0.5, 0.6) is 0 Å². The average molecular weight is 205 g/mol. The molecule has 0 aromatic carbocycles. The Bertz CT molecular complexity index is 286. The molecule has 0 saturated carbocycles. The van der Waals surface area contributed by atoms with Gasteiger partial charge in [0.05, 0.1) is 6.04 Å². The van der Waals surface area contributed by atoms with Gasteiger partial charge in [0.25, 0.3) is 10.2 Å². The minimum atomic E-state index is -3.11. The van der Waals surface area contributed by atoms with Crippen molar-refractivity contribution < 1.29 is 8.42 Å².